The molecule has 0 fully saturated rings. The highest BCUT2D eigenvalue weighted by Gasteiger charge is 2.11. The smallest absolute Gasteiger partial charge is 0.241 e. The fourth-order valence-corrected chi connectivity index (χ4v) is 2.97. The molecule has 0 unspecified atom stereocenters. The van der Waals surface area contributed by atoms with E-state index in [2.05, 4.69) is 36.3 Å². The minimum atomic E-state index is 0.344. The summed E-state index contributed by atoms with van der Waals surface area (Å²) in [6, 6.07) is 15.6. The van der Waals surface area contributed by atoms with E-state index in [4.69, 9.17) is 4.74 Å². The Bertz CT molecular complexity index is 1300. The standard InChI is InChI=1S/C20H15N7O/c1-13-4-2-6-17(23-13)28-18-11-22-19-20(24-18)27(26-25-19)12-14-7-8-16-15(10-14)5-3-9-21-16/h2-11H,12H2,1H3. The van der Waals surface area contributed by atoms with Gasteiger partial charge in [0.1, 0.15) is 0 Å². The number of benzene rings is 1. The first kappa shape index (κ1) is 16.2. The molecule has 0 radical (unpaired) electrons. The maximum absolute atomic E-state index is 5.74. The lowest BCUT2D eigenvalue weighted by Gasteiger charge is -2.06. The number of aryl methyl sites for hydroxylation is 1. The van der Waals surface area contributed by atoms with Gasteiger partial charge in [-0.15, -0.1) is 5.10 Å². The van der Waals surface area contributed by atoms with Crippen molar-refractivity contribution in [2.45, 2.75) is 13.5 Å². The molecule has 0 aliphatic carbocycles. The molecule has 4 heterocycles. The molecule has 0 atom stereocenters. The van der Waals surface area contributed by atoms with Crippen molar-refractivity contribution in [3.05, 3.63) is 72.2 Å². The molecule has 4 aromatic heterocycles. The van der Waals surface area contributed by atoms with Crippen LogP contribution in [0.1, 0.15) is 11.3 Å². The molecule has 5 aromatic rings. The van der Waals surface area contributed by atoms with Gasteiger partial charge in [0.15, 0.2) is 0 Å². The van der Waals surface area contributed by atoms with Crippen LogP contribution in [-0.2, 0) is 6.54 Å². The zero-order valence-corrected chi connectivity index (χ0v) is 15.0. The maximum Gasteiger partial charge on any atom is 0.241 e. The summed E-state index contributed by atoms with van der Waals surface area (Å²) in [6.45, 7) is 2.42. The van der Waals surface area contributed by atoms with Gasteiger partial charge in [0, 0.05) is 23.3 Å². The third kappa shape index (κ3) is 3.11. The Balaban J connectivity index is 1.47. The number of hydrogen-bond acceptors (Lipinski definition) is 7. The molecule has 0 saturated carbocycles. The van der Waals surface area contributed by atoms with Crippen LogP contribution in [0.4, 0.5) is 0 Å². The number of fused-ring (bicyclic) bond motifs is 2. The van der Waals surface area contributed by atoms with Crippen LogP contribution in [0.2, 0.25) is 0 Å². The van der Waals surface area contributed by atoms with Crippen LogP contribution in [0.5, 0.6) is 11.8 Å². The highest BCUT2D eigenvalue weighted by Crippen LogP contribution is 2.20. The molecule has 0 amide bonds. The average Bonchev–Trinajstić information content (AvgIpc) is 3.10. The fraction of sp³-hybridized carbons (Fsp3) is 0.100. The molecule has 5 rings (SSSR count). The van der Waals surface area contributed by atoms with Crippen molar-refractivity contribution in [2.75, 3.05) is 0 Å². The average molecular weight is 369 g/mol. The Morgan fingerprint density at radius 3 is 2.86 bits per heavy atom. The normalized spacial score (nSPS) is 11.2. The Morgan fingerprint density at radius 1 is 0.964 bits per heavy atom. The summed E-state index contributed by atoms with van der Waals surface area (Å²) in [4.78, 5) is 17.5. The molecule has 0 bridgehead atoms. The number of hydrogen-bond donors (Lipinski definition) is 0. The fourth-order valence-electron chi connectivity index (χ4n) is 2.97. The van der Waals surface area contributed by atoms with Gasteiger partial charge in [-0.2, -0.15) is 4.98 Å². The van der Waals surface area contributed by atoms with Gasteiger partial charge in [0.2, 0.25) is 23.1 Å². The first-order valence-electron chi connectivity index (χ1n) is 8.76. The summed E-state index contributed by atoms with van der Waals surface area (Å²) in [5, 5.41) is 9.36. The first-order chi connectivity index (χ1) is 13.7. The van der Waals surface area contributed by atoms with Crippen molar-refractivity contribution in [1.29, 1.82) is 0 Å². The minimum Gasteiger partial charge on any atom is -0.419 e. The molecule has 0 aliphatic rings. The Hall–Kier alpha value is -3.94. The van der Waals surface area contributed by atoms with Crippen LogP contribution in [0.25, 0.3) is 22.2 Å². The number of nitrogens with zero attached hydrogens (tertiary/aromatic N) is 7. The largest absolute Gasteiger partial charge is 0.419 e. The molecule has 0 aliphatic heterocycles. The highest BCUT2D eigenvalue weighted by atomic mass is 16.5. The lowest BCUT2D eigenvalue weighted by atomic mass is 10.1. The van der Waals surface area contributed by atoms with Gasteiger partial charge in [-0.1, -0.05) is 23.4 Å². The van der Waals surface area contributed by atoms with Crippen molar-refractivity contribution < 1.29 is 4.74 Å². The summed E-state index contributed by atoms with van der Waals surface area (Å²) >= 11 is 0. The van der Waals surface area contributed by atoms with Crippen LogP contribution in [0.3, 0.4) is 0 Å². The van der Waals surface area contributed by atoms with Crippen molar-refractivity contribution in [3.63, 3.8) is 0 Å². The van der Waals surface area contributed by atoms with E-state index in [1.165, 1.54) is 6.20 Å². The zero-order chi connectivity index (χ0) is 18.9. The minimum absolute atomic E-state index is 0.344. The second kappa shape index (κ2) is 6.66. The third-order valence-corrected chi connectivity index (χ3v) is 4.28. The maximum atomic E-state index is 5.74. The first-order valence-corrected chi connectivity index (χ1v) is 8.76. The number of aromatic nitrogens is 7. The predicted molar refractivity (Wildman–Crippen MR) is 103 cm³/mol. The highest BCUT2D eigenvalue weighted by molar-refractivity contribution is 5.79. The second-order valence-electron chi connectivity index (χ2n) is 6.35. The molecule has 0 spiro atoms. The van der Waals surface area contributed by atoms with Crippen LogP contribution >= 0.6 is 0 Å². The molecular weight excluding hydrogens is 354 g/mol. The summed E-state index contributed by atoms with van der Waals surface area (Å²) in [7, 11) is 0. The van der Waals surface area contributed by atoms with Crippen molar-refractivity contribution >= 4 is 22.2 Å². The van der Waals surface area contributed by atoms with Gasteiger partial charge in [0.05, 0.1) is 18.3 Å². The van der Waals surface area contributed by atoms with E-state index in [9.17, 15) is 0 Å². The number of pyridine rings is 2. The summed E-state index contributed by atoms with van der Waals surface area (Å²) < 4.78 is 7.44. The van der Waals surface area contributed by atoms with E-state index < -0.39 is 0 Å². The van der Waals surface area contributed by atoms with Gasteiger partial charge in [-0.25, -0.2) is 14.6 Å². The van der Waals surface area contributed by atoms with E-state index in [1.54, 1.807) is 16.9 Å². The van der Waals surface area contributed by atoms with Crippen LogP contribution < -0.4 is 4.74 Å². The van der Waals surface area contributed by atoms with Crippen molar-refractivity contribution in [1.82, 2.24) is 34.9 Å². The molecular formula is C20H15N7O. The molecule has 136 valence electrons. The summed E-state index contributed by atoms with van der Waals surface area (Å²) in [6.07, 6.45) is 3.31. The molecule has 0 saturated heterocycles. The molecule has 0 N–H and O–H groups in total. The zero-order valence-electron chi connectivity index (χ0n) is 15.0. The predicted octanol–water partition coefficient (Wildman–Crippen LogP) is 3.31. The lowest BCUT2D eigenvalue weighted by molar-refractivity contribution is 0.442. The topological polar surface area (TPSA) is 91.5 Å². The van der Waals surface area contributed by atoms with Gasteiger partial charge >= 0.3 is 0 Å². The van der Waals surface area contributed by atoms with Crippen LogP contribution in [0, 0.1) is 6.92 Å². The molecule has 8 nitrogen and oxygen atoms in total. The van der Waals surface area contributed by atoms with Gasteiger partial charge in [-0.05, 0) is 36.8 Å². The van der Waals surface area contributed by atoms with Crippen molar-refractivity contribution in [3.8, 4) is 11.8 Å². The Morgan fingerprint density at radius 2 is 1.93 bits per heavy atom. The Labute approximate surface area is 159 Å². The quantitative estimate of drug-likeness (QED) is 0.480. The van der Waals surface area contributed by atoms with E-state index >= 15 is 0 Å². The number of rotatable bonds is 4. The van der Waals surface area contributed by atoms with E-state index in [0.29, 0.717) is 29.6 Å². The van der Waals surface area contributed by atoms with Crippen LogP contribution in [-0.4, -0.2) is 34.9 Å². The monoisotopic (exact) mass is 369 g/mol. The summed E-state index contributed by atoms with van der Waals surface area (Å²) in [5.74, 6) is 0.812. The Kier molecular flexibility index (Phi) is 3.86. The second-order valence-corrected chi connectivity index (χ2v) is 6.35. The molecule has 28 heavy (non-hydrogen) atoms. The SMILES string of the molecule is Cc1cccc(Oc2cnc3nnn(Cc4ccc5ncccc5c4)c3n2)n1. The summed E-state index contributed by atoms with van der Waals surface area (Å²) in [5.41, 5.74) is 3.91. The number of ether oxygens (including phenoxy) is 1. The van der Waals surface area contributed by atoms with E-state index in [0.717, 1.165) is 22.2 Å². The van der Waals surface area contributed by atoms with Gasteiger partial charge in [0.25, 0.3) is 0 Å². The van der Waals surface area contributed by atoms with Crippen LogP contribution in [0.15, 0.2) is 60.9 Å². The lowest BCUT2D eigenvalue weighted by Crippen LogP contribution is -2.04. The molecule has 8 heteroatoms. The van der Waals surface area contributed by atoms with Gasteiger partial charge < -0.3 is 4.74 Å². The third-order valence-electron chi connectivity index (χ3n) is 4.28. The molecule has 1 aromatic carbocycles. The van der Waals surface area contributed by atoms with Gasteiger partial charge in [-0.3, -0.25) is 4.98 Å². The van der Waals surface area contributed by atoms with E-state index in [-0.39, 0.29) is 0 Å². The van der Waals surface area contributed by atoms with Crippen molar-refractivity contribution in [2.24, 2.45) is 0 Å². The van der Waals surface area contributed by atoms with E-state index in [1.807, 2.05) is 43.3 Å².